The van der Waals surface area contributed by atoms with E-state index in [1.54, 1.807) is 43.4 Å². The number of hydrogen-bond donors (Lipinski definition) is 2. The summed E-state index contributed by atoms with van der Waals surface area (Å²) in [6.07, 6.45) is 9.32. The molecule has 5 aromatic rings. The van der Waals surface area contributed by atoms with Crippen molar-refractivity contribution in [3.63, 3.8) is 0 Å². The summed E-state index contributed by atoms with van der Waals surface area (Å²) in [5.41, 5.74) is 3.77. The molecule has 1 aliphatic heterocycles. The standard InChI is InChI=1S/C32H34N6O4S/c1-36(2)31(41)24-14-20-17-33-32(35-30(20)38(24)21-8-4-5-9-21)34-23-11-10-19(15-25(23)39)22-18-43-29-26(40)16-27(42-28(22)29)37-12-6-3-7-13-37/h10-11,14-18,21,39H,3-9,12-13H2,1-2H3,(H,33,34,35). The monoisotopic (exact) mass is 598 g/mol. The van der Waals surface area contributed by atoms with Crippen LogP contribution in [0.5, 0.6) is 5.75 Å². The van der Waals surface area contributed by atoms with Crippen LogP contribution in [0.15, 0.2) is 51.1 Å². The highest BCUT2D eigenvalue weighted by molar-refractivity contribution is 7.17. The van der Waals surface area contributed by atoms with Crippen LogP contribution in [0.3, 0.4) is 0 Å². The number of phenolic OH excluding ortho intramolecular Hbond substituents is 1. The molecular formula is C32H34N6O4S. The van der Waals surface area contributed by atoms with Crippen LogP contribution in [-0.2, 0) is 0 Å². The minimum absolute atomic E-state index is 0.0183. The molecular weight excluding hydrogens is 564 g/mol. The highest BCUT2D eigenvalue weighted by Crippen LogP contribution is 2.39. The van der Waals surface area contributed by atoms with Gasteiger partial charge in [0, 0.05) is 61.8 Å². The summed E-state index contributed by atoms with van der Waals surface area (Å²) in [7, 11) is 3.51. The van der Waals surface area contributed by atoms with Gasteiger partial charge in [0.05, 0.1) is 5.69 Å². The Morgan fingerprint density at radius 2 is 1.88 bits per heavy atom. The van der Waals surface area contributed by atoms with Gasteiger partial charge in [-0.2, -0.15) is 4.98 Å². The molecule has 10 nitrogen and oxygen atoms in total. The van der Waals surface area contributed by atoms with Gasteiger partial charge in [0.25, 0.3) is 5.91 Å². The zero-order chi connectivity index (χ0) is 29.7. The van der Waals surface area contributed by atoms with Crippen molar-refractivity contribution >= 4 is 56.1 Å². The van der Waals surface area contributed by atoms with Gasteiger partial charge in [0.1, 0.15) is 21.8 Å². The van der Waals surface area contributed by atoms with Crippen molar-refractivity contribution in [1.29, 1.82) is 0 Å². The molecule has 7 rings (SSSR count). The number of hydrogen-bond acceptors (Lipinski definition) is 9. The molecule has 43 heavy (non-hydrogen) atoms. The molecule has 1 aromatic carbocycles. The van der Waals surface area contributed by atoms with E-state index < -0.39 is 0 Å². The first kappa shape index (κ1) is 27.5. The Morgan fingerprint density at radius 1 is 1.09 bits per heavy atom. The molecule has 0 spiro atoms. The fraction of sp³-hybridized carbons (Fsp3) is 0.375. The molecule has 1 saturated heterocycles. The second-order valence-electron chi connectivity index (χ2n) is 11.7. The van der Waals surface area contributed by atoms with Gasteiger partial charge < -0.3 is 29.2 Å². The number of aromatic hydroxyl groups is 1. The zero-order valence-electron chi connectivity index (χ0n) is 24.3. The quantitative estimate of drug-likeness (QED) is 0.212. The molecule has 2 fully saturated rings. The van der Waals surface area contributed by atoms with Gasteiger partial charge in [0.2, 0.25) is 11.4 Å². The number of carbonyl (C=O) groups is 1. The molecule has 222 valence electrons. The largest absolute Gasteiger partial charge is 0.506 e. The van der Waals surface area contributed by atoms with Crippen LogP contribution in [0.25, 0.3) is 32.4 Å². The van der Waals surface area contributed by atoms with Crippen molar-refractivity contribution < 1.29 is 14.3 Å². The number of anilines is 3. The number of carbonyl (C=O) groups excluding carboxylic acids is 1. The Morgan fingerprint density at radius 3 is 2.63 bits per heavy atom. The summed E-state index contributed by atoms with van der Waals surface area (Å²) < 4.78 is 8.92. The van der Waals surface area contributed by atoms with Crippen LogP contribution in [-0.4, -0.2) is 57.6 Å². The van der Waals surface area contributed by atoms with Gasteiger partial charge in [-0.3, -0.25) is 9.59 Å². The smallest absolute Gasteiger partial charge is 0.270 e. The van der Waals surface area contributed by atoms with Gasteiger partial charge in [-0.05, 0) is 55.9 Å². The number of thiophene rings is 1. The Labute approximate surface area is 252 Å². The first-order valence-electron chi connectivity index (χ1n) is 14.9. The average Bonchev–Trinajstić information content (AvgIpc) is 3.77. The average molecular weight is 599 g/mol. The lowest BCUT2D eigenvalue weighted by atomic mass is 10.1. The highest BCUT2D eigenvalue weighted by atomic mass is 32.1. The van der Waals surface area contributed by atoms with Crippen LogP contribution < -0.4 is 15.6 Å². The van der Waals surface area contributed by atoms with E-state index >= 15 is 0 Å². The van der Waals surface area contributed by atoms with E-state index in [0.29, 0.717) is 39.1 Å². The second kappa shape index (κ2) is 11.0. The molecule has 4 aromatic heterocycles. The van der Waals surface area contributed by atoms with E-state index in [2.05, 4.69) is 19.8 Å². The third kappa shape index (κ3) is 5.01. The number of fused-ring (bicyclic) bond motifs is 2. The van der Waals surface area contributed by atoms with Crippen molar-refractivity contribution in [2.45, 2.75) is 51.0 Å². The number of benzene rings is 1. The maximum atomic E-state index is 13.0. The summed E-state index contributed by atoms with van der Waals surface area (Å²) in [5.74, 6) is 0.886. The van der Waals surface area contributed by atoms with Crippen LogP contribution in [0, 0.1) is 0 Å². The summed E-state index contributed by atoms with van der Waals surface area (Å²) in [6.45, 7) is 1.75. The number of phenols is 1. The number of rotatable bonds is 6. The predicted molar refractivity (Wildman–Crippen MR) is 170 cm³/mol. The summed E-state index contributed by atoms with van der Waals surface area (Å²) >= 11 is 1.35. The zero-order valence-corrected chi connectivity index (χ0v) is 25.1. The SMILES string of the molecule is CN(C)C(=O)c1cc2cnc(Nc3ccc(-c4csc5c(=O)cc(N6CCCCC6)oc45)cc3O)nc2n1C1CCCC1. The van der Waals surface area contributed by atoms with Crippen molar-refractivity contribution in [3.8, 4) is 16.9 Å². The number of aromatic nitrogens is 3. The van der Waals surface area contributed by atoms with Crippen LogP contribution >= 0.6 is 11.3 Å². The molecule has 2 N–H and O–H groups in total. The fourth-order valence-corrected chi connectivity index (χ4v) is 7.23. The lowest BCUT2D eigenvalue weighted by molar-refractivity contribution is 0.0815. The second-order valence-corrected chi connectivity index (χ2v) is 12.6. The first-order valence-corrected chi connectivity index (χ1v) is 15.8. The van der Waals surface area contributed by atoms with Crippen LogP contribution in [0.1, 0.15) is 61.5 Å². The third-order valence-corrected chi connectivity index (χ3v) is 9.52. The third-order valence-electron chi connectivity index (χ3n) is 8.54. The van der Waals surface area contributed by atoms with Gasteiger partial charge >= 0.3 is 0 Å². The van der Waals surface area contributed by atoms with E-state index in [9.17, 15) is 14.7 Å². The minimum Gasteiger partial charge on any atom is -0.506 e. The van der Waals surface area contributed by atoms with Crippen molar-refractivity contribution in [1.82, 2.24) is 19.4 Å². The van der Waals surface area contributed by atoms with Gasteiger partial charge in [-0.15, -0.1) is 11.3 Å². The minimum atomic E-state index is -0.0625. The maximum absolute atomic E-state index is 13.0. The number of nitrogens with zero attached hydrogens (tertiary/aromatic N) is 5. The molecule has 1 saturated carbocycles. The molecule has 1 amide bonds. The Hall–Kier alpha value is -4.38. The summed E-state index contributed by atoms with van der Waals surface area (Å²) in [4.78, 5) is 38.9. The van der Waals surface area contributed by atoms with E-state index in [-0.39, 0.29) is 23.1 Å². The van der Waals surface area contributed by atoms with Gasteiger partial charge in [-0.1, -0.05) is 18.9 Å². The van der Waals surface area contributed by atoms with Crippen LogP contribution in [0.2, 0.25) is 0 Å². The van der Waals surface area contributed by atoms with E-state index in [4.69, 9.17) is 9.40 Å². The normalized spacial score (nSPS) is 15.9. The fourth-order valence-electron chi connectivity index (χ4n) is 6.32. The molecule has 5 heterocycles. The Bertz CT molecular complexity index is 1900. The summed E-state index contributed by atoms with van der Waals surface area (Å²) in [5, 5.41) is 16.9. The van der Waals surface area contributed by atoms with Crippen molar-refractivity contribution in [2.75, 3.05) is 37.4 Å². The van der Waals surface area contributed by atoms with Crippen molar-refractivity contribution in [3.05, 3.63) is 57.8 Å². The topological polar surface area (TPSA) is 117 Å². The highest BCUT2D eigenvalue weighted by Gasteiger charge is 2.27. The number of amides is 1. The predicted octanol–water partition coefficient (Wildman–Crippen LogP) is 6.52. The molecule has 0 radical (unpaired) electrons. The number of piperidine rings is 1. The lowest BCUT2D eigenvalue weighted by Crippen LogP contribution is -2.29. The van der Waals surface area contributed by atoms with Crippen LogP contribution in [0.4, 0.5) is 17.5 Å². The molecule has 11 heteroatoms. The maximum Gasteiger partial charge on any atom is 0.270 e. The molecule has 1 aliphatic carbocycles. The lowest BCUT2D eigenvalue weighted by Gasteiger charge is -2.26. The van der Waals surface area contributed by atoms with E-state index in [1.165, 1.54) is 17.8 Å². The van der Waals surface area contributed by atoms with E-state index in [1.807, 2.05) is 17.5 Å². The first-order chi connectivity index (χ1) is 20.9. The molecule has 0 bridgehead atoms. The molecule has 0 unspecified atom stereocenters. The van der Waals surface area contributed by atoms with Gasteiger partial charge in [-0.25, -0.2) is 4.98 Å². The van der Waals surface area contributed by atoms with E-state index in [0.717, 1.165) is 68.1 Å². The Kier molecular flexibility index (Phi) is 7.04. The Balaban J connectivity index is 1.21. The molecule has 0 atom stereocenters. The number of nitrogens with one attached hydrogen (secondary N) is 1. The summed E-state index contributed by atoms with van der Waals surface area (Å²) in [6, 6.07) is 8.98. The molecule has 2 aliphatic rings. The van der Waals surface area contributed by atoms with Gasteiger partial charge in [0.15, 0.2) is 11.5 Å². The van der Waals surface area contributed by atoms with Crippen molar-refractivity contribution in [2.24, 2.45) is 0 Å².